The molecule has 0 aromatic carbocycles. The number of nitrogens with zero attached hydrogens (tertiary/aromatic N) is 2. The standard InChI is InChI=1S/C11H19N2O3P/c1-9(2)13(3)11-10(6-5-7-12-11)8-16-17(4,14)15/h5-7,9H,8H2,1-4H3,(H,14,15). The van der Waals surface area contributed by atoms with Crippen LogP contribution in [0.2, 0.25) is 0 Å². The van der Waals surface area contributed by atoms with Gasteiger partial charge in [0.15, 0.2) is 0 Å². The topological polar surface area (TPSA) is 62.7 Å². The van der Waals surface area contributed by atoms with Crippen LogP contribution in [0, 0.1) is 0 Å². The monoisotopic (exact) mass is 258 g/mol. The van der Waals surface area contributed by atoms with Gasteiger partial charge in [-0.1, -0.05) is 6.07 Å². The van der Waals surface area contributed by atoms with Crippen LogP contribution >= 0.6 is 7.60 Å². The molecule has 1 N–H and O–H groups in total. The molecule has 0 fully saturated rings. The summed E-state index contributed by atoms with van der Waals surface area (Å²) in [6.07, 6.45) is 1.70. The van der Waals surface area contributed by atoms with E-state index < -0.39 is 7.60 Å². The molecule has 0 bridgehead atoms. The first kappa shape index (κ1) is 14.2. The van der Waals surface area contributed by atoms with Crippen molar-refractivity contribution in [2.45, 2.75) is 26.5 Å². The maximum atomic E-state index is 11.1. The van der Waals surface area contributed by atoms with Gasteiger partial charge in [-0.15, -0.1) is 0 Å². The van der Waals surface area contributed by atoms with Crippen molar-refractivity contribution in [2.75, 3.05) is 18.6 Å². The Balaban J connectivity index is 2.88. The van der Waals surface area contributed by atoms with Crippen LogP contribution in [-0.4, -0.2) is 29.6 Å². The first-order valence-corrected chi connectivity index (χ1v) is 7.45. The molecule has 0 aliphatic carbocycles. The molecule has 6 heteroatoms. The van der Waals surface area contributed by atoms with Crippen LogP contribution < -0.4 is 4.90 Å². The summed E-state index contributed by atoms with van der Waals surface area (Å²) < 4.78 is 16.0. The van der Waals surface area contributed by atoms with Crippen LogP contribution in [0.1, 0.15) is 19.4 Å². The lowest BCUT2D eigenvalue weighted by Gasteiger charge is -2.25. The van der Waals surface area contributed by atoms with E-state index in [9.17, 15) is 4.57 Å². The van der Waals surface area contributed by atoms with Gasteiger partial charge in [0.2, 0.25) is 0 Å². The third-order valence-corrected chi connectivity index (χ3v) is 3.04. The van der Waals surface area contributed by atoms with E-state index >= 15 is 0 Å². The van der Waals surface area contributed by atoms with Crippen molar-refractivity contribution in [1.29, 1.82) is 0 Å². The van der Waals surface area contributed by atoms with Crippen LogP contribution in [0.5, 0.6) is 0 Å². The molecule has 17 heavy (non-hydrogen) atoms. The highest BCUT2D eigenvalue weighted by molar-refractivity contribution is 7.51. The number of anilines is 1. The quantitative estimate of drug-likeness (QED) is 0.821. The van der Waals surface area contributed by atoms with Gasteiger partial charge in [-0.2, -0.15) is 0 Å². The van der Waals surface area contributed by atoms with Gasteiger partial charge >= 0.3 is 7.60 Å². The van der Waals surface area contributed by atoms with Crippen LogP contribution in [0.15, 0.2) is 18.3 Å². The zero-order valence-corrected chi connectivity index (χ0v) is 11.5. The highest BCUT2D eigenvalue weighted by Gasteiger charge is 2.15. The molecule has 96 valence electrons. The molecule has 1 rings (SSSR count). The van der Waals surface area contributed by atoms with Gasteiger partial charge in [0.1, 0.15) is 5.82 Å². The molecule has 0 spiro atoms. The maximum Gasteiger partial charge on any atom is 0.325 e. The highest BCUT2D eigenvalue weighted by Crippen LogP contribution is 2.38. The second kappa shape index (κ2) is 5.63. The number of hydrogen-bond donors (Lipinski definition) is 1. The molecular formula is C11H19N2O3P. The van der Waals surface area contributed by atoms with Gasteiger partial charge in [-0.3, -0.25) is 4.57 Å². The summed E-state index contributed by atoms with van der Waals surface area (Å²) in [5, 5.41) is 0. The van der Waals surface area contributed by atoms with E-state index in [4.69, 9.17) is 9.42 Å². The number of hydrogen-bond acceptors (Lipinski definition) is 4. The van der Waals surface area contributed by atoms with Crippen LogP contribution in [0.4, 0.5) is 5.82 Å². The van der Waals surface area contributed by atoms with Gasteiger partial charge in [0, 0.05) is 31.5 Å². The molecule has 1 heterocycles. The van der Waals surface area contributed by atoms with Gasteiger partial charge in [-0.25, -0.2) is 4.98 Å². The fourth-order valence-corrected chi connectivity index (χ4v) is 1.67. The van der Waals surface area contributed by atoms with E-state index in [-0.39, 0.29) is 6.61 Å². The number of aromatic nitrogens is 1. The molecule has 0 aliphatic rings. The summed E-state index contributed by atoms with van der Waals surface area (Å²) in [6, 6.07) is 3.93. The van der Waals surface area contributed by atoms with E-state index in [0.29, 0.717) is 6.04 Å². The zero-order chi connectivity index (χ0) is 13.1. The predicted molar refractivity (Wildman–Crippen MR) is 68.3 cm³/mol. The Kier molecular flexibility index (Phi) is 4.69. The van der Waals surface area contributed by atoms with Crippen molar-refractivity contribution in [3.63, 3.8) is 0 Å². The van der Waals surface area contributed by atoms with Crippen molar-refractivity contribution in [1.82, 2.24) is 4.98 Å². The predicted octanol–water partition coefficient (Wildman–Crippen LogP) is 2.26. The van der Waals surface area contributed by atoms with Gasteiger partial charge in [-0.05, 0) is 19.9 Å². The zero-order valence-electron chi connectivity index (χ0n) is 10.6. The van der Waals surface area contributed by atoms with E-state index in [1.807, 2.05) is 18.0 Å². The molecule has 1 unspecified atom stereocenters. The summed E-state index contributed by atoms with van der Waals surface area (Å²) in [5.41, 5.74) is 0.805. The molecule has 0 saturated heterocycles. The average Bonchev–Trinajstić information content (AvgIpc) is 2.24. The lowest BCUT2D eigenvalue weighted by atomic mass is 10.2. The molecule has 1 aromatic heterocycles. The minimum Gasteiger partial charge on any atom is -0.357 e. The average molecular weight is 258 g/mol. The lowest BCUT2D eigenvalue weighted by Crippen LogP contribution is -2.27. The number of rotatable bonds is 5. The Morgan fingerprint density at radius 1 is 1.59 bits per heavy atom. The third-order valence-electron chi connectivity index (χ3n) is 2.44. The molecular weight excluding hydrogens is 239 g/mol. The molecule has 0 amide bonds. The molecule has 1 atom stereocenters. The minimum atomic E-state index is -3.45. The van der Waals surface area contributed by atoms with Crippen LogP contribution in [-0.2, 0) is 15.7 Å². The Labute approximate surface area is 102 Å². The van der Waals surface area contributed by atoms with Crippen LogP contribution in [0.3, 0.4) is 0 Å². The summed E-state index contributed by atoms with van der Waals surface area (Å²) >= 11 is 0. The summed E-state index contributed by atoms with van der Waals surface area (Å²) in [5.74, 6) is 0.774. The van der Waals surface area contributed by atoms with Gasteiger partial charge in [0.25, 0.3) is 0 Å². The first-order chi connectivity index (χ1) is 7.81. The second-order valence-corrected chi connectivity index (χ2v) is 6.13. The molecule has 1 aromatic rings. The molecule has 0 aliphatic heterocycles. The lowest BCUT2D eigenvalue weighted by molar-refractivity contribution is 0.255. The normalized spacial score (nSPS) is 14.7. The third kappa shape index (κ3) is 4.46. The fraction of sp³-hybridized carbons (Fsp3) is 0.545. The van der Waals surface area contributed by atoms with E-state index in [0.717, 1.165) is 11.4 Å². The Hall–Kier alpha value is -0.900. The van der Waals surface area contributed by atoms with Crippen molar-refractivity contribution >= 4 is 13.4 Å². The van der Waals surface area contributed by atoms with Crippen molar-refractivity contribution in [2.24, 2.45) is 0 Å². The van der Waals surface area contributed by atoms with Crippen molar-refractivity contribution in [3.8, 4) is 0 Å². The number of pyridine rings is 1. The van der Waals surface area contributed by atoms with Gasteiger partial charge < -0.3 is 14.3 Å². The van der Waals surface area contributed by atoms with Gasteiger partial charge in [0.05, 0.1) is 6.61 Å². The first-order valence-electron chi connectivity index (χ1n) is 5.43. The van der Waals surface area contributed by atoms with Crippen molar-refractivity contribution in [3.05, 3.63) is 23.9 Å². The van der Waals surface area contributed by atoms with E-state index in [1.54, 1.807) is 12.3 Å². The smallest absolute Gasteiger partial charge is 0.325 e. The maximum absolute atomic E-state index is 11.1. The second-order valence-electron chi connectivity index (χ2n) is 4.27. The Morgan fingerprint density at radius 2 is 2.24 bits per heavy atom. The van der Waals surface area contributed by atoms with Crippen molar-refractivity contribution < 1.29 is 14.0 Å². The van der Waals surface area contributed by atoms with E-state index in [1.165, 1.54) is 6.66 Å². The highest BCUT2D eigenvalue weighted by atomic mass is 31.2. The molecule has 0 saturated carbocycles. The Morgan fingerprint density at radius 3 is 2.76 bits per heavy atom. The summed E-state index contributed by atoms with van der Waals surface area (Å²) in [7, 11) is -1.52. The minimum absolute atomic E-state index is 0.0878. The summed E-state index contributed by atoms with van der Waals surface area (Å²) in [4.78, 5) is 15.4. The molecule has 0 radical (unpaired) electrons. The fourth-order valence-electron chi connectivity index (χ4n) is 1.29. The van der Waals surface area contributed by atoms with Crippen LogP contribution in [0.25, 0.3) is 0 Å². The summed E-state index contributed by atoms with van der Waals surface area (Å²) in [6.45, 7) is 5.37. The Bertz CT molecular complexity index is 417. The van der Waals surface area contributed by atoms with E-state index in [2.05, 4.69) is 18.8 Å². The SMILES string of the molecule is CC(C)N(C)c1ncccc1COP(C)(=O)O. The molecule has 5 nitrogen and oxygen atoms in total. The largest absolute Gasteiger partial charge is 0.357 e.